The molecule has 3 aromatic rings. The number of ether oxygens (including phenoxy) is 1. The van der Waals surface area contributed by atoms with Crippen molar-refractivity contribution in [2.24, 2.45) is 0 Å². The van der Waals surface area contributed by atoms with Crippen molar-refractivity contribution in [3.63, 3.8) is 0 Å². The molecule has 0 aliphatic carbocycles. The highest BCUT2D eigenvalue weighted by atomic mass is 32.2. The number of thioether (sulfide) groups is 1. The SMILES string of the molecule is COCCn1c(SCC(=O)N(c2ccccc2)C(C)C)nnc1-c1ccccc1. The predicted octanol–water partition coefficient (Wildman–Crippen LogP) is 4.13. The second-order valence-electron chi connectivity index (χ2n) is 6.80. The van der Waals surface area contributed by atoms with Crippen molar-refractivity contribution in [2.75, 3.05) is 24.4 Å². The summed E-state index contributed by atoms with van der Waals surface area (Å²) in [6.45, 7) is 5.20. The summed E-state index contributed by atoms with van der Waals surface area (Å²) in [5, 5.41) is 9.42. The average molecular weight is 411 g/mol. The summed E-state index contributed by atoms with van der Waals surface area (Å²) >= 11 is 1.40. The Morgan fingerprint density at radius 2 is 1.72 bits per heavy atom. The first-order chi connectivity index (χ1) is 14.1. The number of para-hydroxylation sites is 1. The standard InChI is InChI=1S/C22H26N4O2S/c1-17(2)26(19-12-8-5-9-13-19)20(27)16-29-22-24-23-21(25(22)14-15-28-3)18-10-6-4-7-11-18/h4-13,17H,14-16H2,1-3H3. The van der Waals surface area contributed by atoms with Crippen LogP contribution in [0.4, 0.5) is 5.69 Å². The lowest BCUT2D eigenvalue weighted by atomic mass is 10.2. The Morgan fingerprint density at radius 1 is 1.07 bits per heavy atom. The van der Waals surface area contributed by atoms with Gasteiger partial charge in [0.25, 0.3) is 0 Å². The van der Waals surface area contributed by atoms with Crippen LogP contribution in [-0.2, 0) is 16.1 Å². The van der Waals surface area contributed by atoms with E-state index in [1.54, 1.807) is 7.11 Å². The molecule has 0 saturated heterocycles. The van der Waals surface area contributed by atoms with Gasteiger partial charge in [-0.1, -0.05) is 60.3 Å². The smallest absolute Gasteiger partial charge is 0.237 e. The number of methoxy groups -OCH3 is 1. The fourth-order valence-corrected chi connectivity index (χ4v) is 3.92. The zero-order valence-corrected chi connectivity index (χ0v) is 17.8. The topological polar surface area (TPSA) is 60.2 Å². The highest BCUT2D eigenvalue weighted by Crippen LogP contribution is 2.25. The zero-order valence-electron chi connectivity index (χ0n) is 17.0. The Hall–Kier alpha value is -2.64. The summed E-state index contributed by atoms with van der Waals surface area (Å²) < 4.78 is 7.27. The van der Waals surface area contributed by atoms with Crippen LogP contribution in [0.25, 0.3) is 11.4 Å². The molecule has 0 bridgehead atoms. The van der Waals surface area contributed by atoms with Crippen LogP contribution in [0.15, 0.2) is 65.8 Å². The molecule has 1 aromatic heterocycles. The Balaban J connectivity index is 1.79. The van der Waals surface area contributed by atoms with Crippen molar-refractivity contribution >= 4 is 23.4 Å². The Morgan fingerprint density at radius 3 is 2.34 bits per heavy atom. The largest absolute Gasteiger partial charge is 0.383 e. The van der Waals surface area contributed by atoms with E-state index in [2.05, 4.69) is 10.2 Å². The molecule has 0 aliphatic heterocycles. The fraction of sp³-hybridized carbons (Fsp3) is 0.318. The summed E-state index contributed by atoms with van der Waals surface area (Å²) in [5.74, 6) is 1.10. The maximum Gasteiger partial charge on any atom is 0.237 e. The maximum absolute atomic E-state index is 13.0. The third-order valence-corrected chi connectivity index (χ3v) is 5.36. The van der Waals surface area contributed by atoms with Crippen LogP contribution in [0.3, 0.4) is 0 Å². The number of anilines is 1. The van der Waals surface area contributed by atoms with E-state index in [-0.39, 0.29) is 17.7 Å². The molecule has 0 radical (unpaired) electrons. The van der Waals surface area contributed by atoms with E-state index in [4.69, 9.17) is 4.74 Å². The lowest BCUT2D eigenvalue weighted by molar-refractivity contribution is -0.116. The quantitative estimate of drug-likeness (QED) is 0.497. The van der Waals surface area contributed by atoms with Crippen LogP contribution in [0.5, 0.6) is 0 Å². The van der Waals surface area contributed by atoms with E-state index >= 15 is 0 Å². The highest BCUT2D eigenvalue weighted by Gasteiger charge is 2.21. The minimum absolute atomic E-state index is 0.0405. The number of nitrogens with zero attached hydrogens (tertiary/aromatic N) is 4. The van der Waals surface area contributed by atoms with Gasteiger partial charge in [-0.3, -0.25) is 9.36 Å². The summed E-state index contributed by atoms with van der Waals surface area (Å²) in [6, 6.07) is 19.7. The minimum Gasteiger partial charge on any atom is -0.383 e. The van der Waals surface area contributed by atoms with Gasteiger partial charge in [-0.05, 0) is 26.0 Å². The van der Waals surface area contributed by atoms with Gasteiger partial charge in [0, 0.05) is 24.4 Å². The van der Waals surface area contributed by atoms with E-state index in [9.17, 15) is 4.79 Å². The van der Waals surface area contributed by atoms with Gasteiger partial charge in [-0.15, -0.1) is 10.2 Å². The van der Waals surface area contributed by atoms with Crippen LogP contribution in [0, 0.1) is 0 Å². The molecule has 2 aromatic carbocycles. The number of amides is 1. The van der Waals surface area contributed by atoms with Crippen LogP contribution in [-0.4, -0.2) is 46.2 Å². The number of rotatable bonds is 9. The molecule has 0 atom stereocenters. The first-order valence-corrected chi connectivity index (χ1v) is 10.6. The molecule has 0 N–H and O–H groups in total. The molecule has 3 rings (SSSR count). The Kier molecular flexibility index (Phi) is 7.43. The van der Waals surface area contributed by atoms with Crippen molar-refractivity contribution in [1.29, 1.82) is 0 Å². The number of benzene rings is 2. The molecule has 7 heteroatoms. The van der Waals surface area contributed by atoms with E-state index in [0.29, 0.717) is 18.3 Å². The summed E-state index contributed by atoms with van der Waals surface area (Å²) in [4.78, 5) is 14.8. The monoisotopic (exact) mass is 410 g/mol. The van der Waals surface area contributed by atoms with Crippen LogP contribution >= 0.6 is 11.8 Å². The molecule has 0 fully saturated rings. The van der Waals surface area contributed by atoms with Crippen molar-refractivity contribution in [1.82, 2.24) is 14.8 Å². The second-order valence-corrected chi connectivity index (χ2v) is 7.74. The van der Waals surface area contributed by atoms with Gasteiger partial charge in [0.2, 0.25) is 5.91 Å². The normalized spacial score (nSPS) is 11.0. The molecule has 29 heavy (non-hydrogen) atoms. The van der Waals surface area contributed by atoms with Crippen molar-refractivity contribution in [2.45, 2.75) is 31.6 Å². The molecular formula is C22H26N4O2S. The molecule has 0 aliphatic rings. The predicted molar refractivity (Wildman–Crippen MR) is 117 cm³/mol. The van der Waals surface area contributed by atoms with E-state index in [1.807, 2.05) is 84.0 Å². The highest BCUT2D eigenvalue weighted by molar-refractivity contribution is 7.99. The summed E-state index contributed by atoms with van der Waals surface area (Å²) in [6.07, 6.45) is 0. The summed E-state index contributed by atoms with van der Waals surface area (Å²) in [5.41, 5.74) is 1.89. The Bertz CT molecular complexity index is 913. The van der Waals surface area contributed by atoms with Gasteiger partial charge in [0.05, 0.1) is 18.9 Å². The van der Waals surface area contributed by atoms with Crippen molar-refractivity contribution in [3.8, 4) is 11.4 Å². The van der Waals surface area contributed by atoms with E-state index < -0.39 is 0 Å². The van der Waals surface area contributed by atoms with Gasteiger partial charge in [0.1, 0.15) is 0 Å². The summed E-state index contributed by atoms with van der Waals surface area (Å²) in [7, 11) is 1.67. The maximum atomic E-state index is 13.0. The average Bonchev–Trinajstić information content (AvgIpc) is 3.14. The third-order valence-electron chi connectivity index (χ3n) is 4.41. The van der Waals surface area contributed by atoms with Crippen LogP contribution in [0.2, 0.25) is 0 Å². The molecule has 0 unspecified atom stereocenters. The van der Waals surface area contributed by atoms with E-state index in [1.165, 1.54) is 11.8 Å². The molecule has 0 spiro atoms. The lowest BCUT2D eigenvalue weighted by Crippen LogP contribution is -2.38. The molecular weight excluding hydrogens is 384 g/mol. The molecule has 6 nitrogen and oxygen atoms in total. The number of hydrogen-bond acceptors (Lipinski definition) is 5. The second kappa shape index (κ2) is 10.2. The van der Waals surface area contributed by atoms with Crippen LogP contribution < -0.4 is 4.90 Å². The zero-order chi connectivity index (χ0) is 20.6. The lowest BCUT2D eigenvalue weighted by Gasteiger charge is -2.26. The van der Waals surface area contributed by atoms with Gasteiger partial charge in [0.15, 0.2) is 11.0 Å². The number of hydrogen-bond donors (Lipinski definition) is 0. The molecule has 152 valence electrons. The minimum atomic E-state index is 0.0405. The first-order valence-electron chi connectivity index (χ1n) is 9.59. The van der Waals surface area contributed by atoms with E-state index in [0.717, 1.165) is 17.1 Å². The van der Waals surface area contributed by atoms with Crippen LogP contribution in [0.1, 0.15) is 13.8 Å². The fourth-order valence-electron chi connectivity index (χ4n) is 3.09. The molecule has 1 heterocycles. The van der Waals surface area contributed by atoms with Crippen molar-refractivity contribution < 1.29 is 9.53 Å². The number of carbonyl (C=O) groups excluding carboxylic acids is 1. The Labute approximate surface area is 175 Å². The number of aromatic nitrogens is 3. The number of carbonyl (C=O) groups is 1. The van der Waals surface area contributed by atoms with Crippen molar-refractivity contribution in [3.05, 3.63) is 60.7 Å². The molecule has 0 saturated carbocycles. The first kappa shape index (κ1) is 21.1. The third kappa shape index (κ3) is 5.25. The van der Waals surface area contributed by atoms with Gasteiger partial charge >= 0.3 is 0 Å². The van der Waals surface area contributed by atoms with Gasteiger partial charge in [-0.2, -0.15) is 0 Å². The van der Waals surface area contributed by atoms with Gasteiger partial charge in [-0.25, -0.2) is 0 Å². The van der Waals surface area contributed by atoms with Gasteiger partial charge < -0.3 is 9.64 Å². The molecule has 1 amide bonds.